The SMILES string of the molecule is CNc1ncnc(NCCCN(C)C(C)C)c1C. The van der Waals surface area contributed by atoms with Gasteiger partial charge in [-0.25, -0.2) is 9.97 Å². The van der Waals surface area contributed by atoms with E-state index in [0.717, 1.165) is 36.7 Å². The molecule has 0 bridgehead atoms. The molecule has 2 N–H and O–H groups in total. The van der Waals surface area contributed by atoms with Gasteiger partial charge < -0.3 is 15.5 Å². The molecule has 0 aromatic carbocycles. The lowest BCUT2D eigenvalue weighted by Gasteiger charge is -2.21. The second-order valence-corrected chi connectivity index (χ2v) is 4.80. The van der Waals surface area contributed by atoms with Crippen molar-refractivity contribution >= 4 is 11.6 Å². The smallest absolute Gasteiger partial charge is 0.134 e. The van der Waals surface area contributed by atoms with Crippen LogP contribution in [0.5, 0.6) is 0 Å². The van der Waals surface area contributed by atoms with Crippen molar-refractivity contribution in [2.75, 3.05) is 37.8 Å². The fourth-order valence-electron chi connectivity index (χ4n) is 1.67. The average molecular weight is 251 g/mol. The van der Waals surface area contributed by atoms with Crippen molar-refractivity contribution in [1.29, 1.82) is 0 Å². The van der Waals surface area contributed by atoms with Crippen LogP contribution in [0.3, 0.4) is 0 Å². The molecule has 0 saturated carbocycles. The van der Waals surface area contributed by atoms with Gasteiger partial charge in [-0.3, -0.25) is 0 Å². The predicted octanol–water partition coefficient (Wildman–Crippen LogP) is 1.97. The molecule has 0 aliphatic heterocycles. The molecule has 1 rings (SSSR count). The number of hydrogen-bond donors (Lipinski definition) is 2. The summed E-state index contributed by atoms with van der Waals surface area (Å²) in [5.74, 6) is 1.80. The van der Waals surface area contributed by atoms with E-state index in [9.17, 15) is 0 Å². The van der Waals surface area contributed by atoms with E-state index in [0.29, 0.717) is 6.04 Å². The van der Waals surface area contributed by atoms with Gasteiger partial charge in [0.1, 0.15) is 18.0 Å². The van der Waals surface area contributed by atoms with Crippen LogP contribution in [0.15, 0.2) is 6.33 Å². The molecule has 0 unspecified atom stereocenters. The number of nitrogens with zero attached hydrogens (tertiary/aromatic N) is 3. The van der Waals surface area contributed by atoms with E-state index >= 15 is 0 Å². The Bertz CT molecular complexity index is 364. The fraction of sp³-hybridized carbons (Fsp3) is 0.692. The van der Waals surface area contributed by atoms with E-state index in [1.807, 2.05) is 14.0 Å². The molecule has 5 heteroatoms. The Kier molecular flexibility index (Phi) is 5.85. The average Bonchev–Trinajstić information content (AvgIpc) is 2.35. The third kappa shape index (κ3) is 4.14. The first-order valence-electron chi connectivity index (χ1n) is 6.49. The van der Waals surface area contributed by atoms with E-state index in [1.165, 1.54) is 0 Å². The normalized spacial score (nSPS) is 11.1. The Balaban J connectivity index is 2.40. The summed E-state index contributed by atoms with van der Waals surface area (Å²) < 4.78 is 0. The Morgan fingerprint density at radius 1 is 1.28 bits per heavy atom. The van der Waals surface area contributed by atoms with Gasteiger partial charge in [-0.1, -0.05) is 0 Å². The van der Waals surface area contributed by atoms with Crippen molar-refractivity contribution in [2.24, 2.45) is 0 Å². The van der Waals surface area contributed by atoms with Gasteiger partial charge in [0.15, 0.2) is 0 Å². The second-order valence-electron chi connectivity index (χ2n) is 4.80. The minimum atomic E-state index is 0.599. The highest BCUT2D eigenvalue weighted by Crippen LogP contribution is 2.17. The number of nitrogens with one attached hydrogen (secondary N) is 2. The summed E-state index contributed by atoms with van der Waals surface area (Å²) in [6.07, 6.45) is 2.69. The van der Waals surface area contributed by atoms with Gasteiger partial charge in [0.05, 0.1) is 0 Å². The lowest BCUT2D eigenvalue weighted by Crippen LogP contribution is -2.28. The fourth-order valence-corrected chi connectivity index (χ4v) is 1.67. The van der Waals surface area contributed by atoms with Crippen LogP contribution in [0.2, 0.25) is 0 Å². The molecular weight excluding hydrogens is 226 g/mol. The van der Waals surface area contributed by atoms with Gasteiger partial charge in [0.2, 0.25) is 0 Å². The lowest BCUT2D eigenvalue weighted by atomic mass is 10.3. The Hall–Kier alpha value is -1.36. The maximum atomic E-state index is 4.26. The monoisotopic (exact) mass is 251 g/mol. The molecular formula is C13H25N5. The molecule has 0 amide bonds. The summed E-state index contributed by atoms with van der Waals surface area (Å²) in [5.41, 5.74) is 1.07. The summed E-state index contributed by atoms with van der Waals surface area (Å²) in [6, 6.07) is 0.599. The van der Waals surface area contributed by atoms with Gasteiger partial charge in [0.25, 0.3) is 0 Å². The van der Waals surface area contributed by atoms with Crippen LogP contribution in [0.25, 0.3) is 0 Å². The minimum Gasteiger partial charge on any atom is -0.373 e. The maximum absolute atomic E-state index is 4.26. The number of anilines is 2. The zero-order valence-electron chi connectivity index (χ0n) is 12.1. The standard InChI is InChI=1S/C13H25N5/c1-10(2)18(5)8-6-7-15-13-11(3)12(14-4)16-9-17-13/h9-10H,6-8H2,1-5H3,(H2,14,15,16,17). The van der Waals surface area contributed by atoms with Gasteiger partial charge in [-0.2, -0.15) is 0 Å². The highest BCUT2D eigenvalue weighted by Gasteiger charge is 2.05. The Labute approximate surface area is 110 Å². The first kappa shape index (κ1) is 14.7. The van der Waals surface area contributed by atoms with Crippen molar-refractivity contribution in [2.45, 2.75) is 33.2 Å². The highest BCUT2D eigenvalue weighted by atomic mass is 15.1. The molecule has 1 heterocycles. The van der Waals surface area contributed by atoms with Gasteiger partial charge in [-0.05, 0) is 40.8 Å². The van der Waals surface area contributed by atoms with Crippen LogP contribution in [0.4, 0.5) is 11.6 Å². The molecule has 0 fully saturated rings. The minimum absolute atomic E-state index is 0.599. The van der Waals surface area contributed by atoms with E-state index in [-0.39, 0.29) is 0 Å². The highest BCUT2D eigenvalue weighted by molar-refractivity contribution is 5.55. The number of rotatable bonds is 7. The summed E-state index contributed by atoms with van der Waals surface area (Å²) in [7, 11) is 4.02. The molecule has 0 saturated heterocycles. The molecule has 5 nitrogen and oxygen atoms in total. The molecule has 1 aromatic rings. The van der Waals surface area contributed by atoms with Crippen molar-refractivity contribution < 1.29 is 0 Å². The van der Waals surface area contributed by atoms with Crippen molar-refractivity contribution in [3.05, 3.63) is 11.9 Å². The zero-order valence-corrected chi connectivity index (χ0v) is 12.1. The van der Waals surface area contributed by atoms with Crippen LogP contribution in [-0.4, -0.2) is 48.1 Å². The molecule has 0 radical (unpaired) electrons. The molecule has 1 aromatic heterocycles. The summed E-state index contributed by atoms with van der Waals surface area (Å²) in [4.78, 5) is 10.8. The van der Waals surface area contributed by atoms with Crippen LogP contribution < -0.4 is 10.6 Å². The van der Waals surface area contributed by atoms with E-state index in [2.05, 4.69) is 46.4 Å². The summed E-state index contributed by atoms with van der Waals surface area (Å²) >= 11 is 0. The molecule has 18 heavy (non-hydrogen) atoms. The van der Waals surface area contributed by atoms with Crippen LogP contribution in [0, 0.1) is 6.92 Å². The molecule has 0 spiro atoms. The van der Waals surface area contributed by atoms with E-state index in [4.69, 9.17) is 0 Å². The molecule has 0 aliphatic carbocycles. The Morgan fingerprint density at radius 3 is 2.56 bits per heavy atom. The van der Waals surface area contributed by atoms with Gasteiger partial charge in [0, 0.05) is 25.2 Å². The third-order valence-corrected chi connectivity index (χ3v) is 3.18. The van der Waals surface area contributed by atoms with Crippen molar-refractivity contribution in [1.82, 2.24) is 14.9 Å². The van der Waals surface area contributed by atoms with Crippen LogP contribution in [0.1, 0.15) is 25.8 Å². The first-order valence-corrected chi connectivity index (χ1v) is 6.49. The van der Waals surface area contributed by atoms with E-state index < -0.39 is 0 Å². The van der Waals surface area contributed by atoms with Crippen molar-refractivity contribution in [3.8, 4) is 0 Å². The number of aromatic nitrogens is 2. The summed E-state index contributed by atoms with van der Waals surface area (Å²) in [5, 5.41) is 6.42. The molecule has 102 valence electrons. The third-order valence-electron chi connectivity index (χ3n) is 3.18. The topological polar surface area (TPSA) is 53.1 Å². The predicted molar refractivity (Wildman–Crippen MR) is 77.2 cm³/mol. The molecule has 0 aliphatic rings. The zero-order chi connectivity index (χ0) is 13.5. The number of hydrogen-bond acceptors (Lipinski definition) is 5. The largest absolute Gasteiger partial charge is 0.373 e. The van der Waals surface area contributed by atoms with Crippen LogP contribution in [-0.2, 0) is 0 Å². The first-order chi connectivity index (χ1) is 8.56. The quantitative estimate of drug-likeness (QED) is 0.726. The summed E-state index contributed by atoms with van der Waals surface area (Å²) in [6.45, 7) is 8.46. The van der Waals surface area contributed by atoms with Gasteiger partial charge >= 0.3 is 0 Å². The Morgan fingerprint density at radius 2 is 1.94 bits per heavy atom. The van der Waals surface area contributed by atoms with Gasteiger partial charge in [-0.15, -0.1) is 0 Å². The van der Waals surface area contributed by atoms with Crippen LogP contribution >= 0.6 is 0 Å². The van der Waals surface area contributed by atoms with Crippen molar-refractivity contribution in [3.63, 3.8) is 0 Å². The van der Waals surface area contributed by atoms with E-state index in [1.54, 1.807) is 6.33 Å². The second kappa shape index (κ2) is 7.16. The molecule has 0 atom stereocenters. The lowest BCUT2D eigenvalue weighted by molar-refractivity contribution is 0.273. The maximum Gasteiger partial charge on any atom is 0.134 e.